The van der Waals surface area contributed by atoms with Crippen LogP contribution in [0.4, 0.5) is 0 Å². The van der Waals surface area contributed by atoms with Crippen molar-refractivity contribution >= 4 is 12.1 Å². The Morgan fingerprint density at radius 1 is 1.25 bits per heavy atom. The third kappa shape index (κ3) is 1.93. The summed E-state index contributed by atoms with van der Waals surface area (Å²) in [6.45, 7) is 12.9. The summed E-state index contributed by atoms with van der Waals surface area (Å²) in [6, 6.07) is 3.88. The molecule has 2 heteroatoms. The molecule has 1 unspecified atom stereocenters. The van der Waals surface area contributed by atoms with E-state index in [0.717, 1.165) is 12.7 Å². The molecule has 1 atom stereocenters. The zero-order valence-electron chi connectivity index (χ0n) is 13.3. The van der Waals surface area contributed by atoms with Crippen LogP contribution in [0.5, 0.6) is 0 Å². The number of hydrogen-bond donors (Lipinski definition) is 0. The first-order valence-electron chi connectivity index (χ1n) is 7.26. The minimum Gasteiger partial charge on any atom is -0.298 e. The molecule has 0 aliphatic heterocycles. The molecule has 0 amide bonds. The molecule has 2 rings (SSSR count). The number of aldehydes is 1. The van der Waals surface area contributed by atoms with E-state index in [-0.39, 0.29) is 16.6 Å². The number of ketones is 1. The van der Waals surface area contributed by atoms with Gasteiger partial charge in [-0.3, -0.25) is 9.59 Å². The van der Waals surface area contributed by atoms with E-state index in [0.29, 0.717) is 17.0 Å². The normalized spacial score (nSPS) is 23.0. The van der Waals surface area contributed by atoms with Crippen LogP contribution < -0.4 is 0 Å². The van der Waals surface area contributed by atoms with Gasteiger partial charge in [0.1, 0.15) is 0 Å². The molecule has 0 saturated heterocycles. The maximum atomic E-state index is 11.7. The van der Waals surface area contributed by atoms with Gasteiger partial charge in [-0.1, -0.05) is 34.6 Å². The highest BCUT2D eigenvalue weighted by Gasteiger charge is 2.46. The van der Waals surface area contributed by atoms with Gasteiger partial charge in [-0.15, -0.1) is 0 Å². The van der Waals surface area contributed by atoms with E-state index in [2.05, 4.69) is 34.6 Å². The Bertz CT molecular complexity index is 579. The summed E-state index contributed by atoms with van der Waals surface area (Å²) in [7, 11) is 0. The van der Waals surface area contributed by atoms with Crippen LogP contribution in [-0.4, -0.2) is 12.1 Å². The molecule has 108 valence electrons. The van der Waals surface area contributed by atoms with Gasteiger partial charge in [-0.2, -0.15) is 0 Å². The molecule has 0 fully saturated rings. The molecule has 0 saturated carbocycles. The van der Waals surface area contributed by atoms with Crippen molar-refractivity contribution in [1.82, 2.24) is 0 Å². The van der Waals surface area contributed by atoms with Crippen LogP contribution in [0.3, 0.4) is 0 Å². The third-order valence-electron chi connectivity index (χ3n) is 5.82. The molecular weight excluding hydrogens is 248 g/mol. The van der Waals surface area contributed by atoms with Crippen LogP contribution in [-0.2, 0) is 11.8 Å². The monoisotopic (exact) mass is 272 g/mol. The summed E-state index contributed by atoms with van der Waals surface area (Å²) >= 11 is 0. The first-order chi connectivity index (χ1) is 9.12. The third-order valence-corrected chi connectivity index (χ3v) is 5.82. The van der Waals surface area contributed by atoms with E-state index in [9.17, 15) is 9.59 Å². The molecule has 0 bridgehead atoms. The summed E-state index contributed by atoms with van der Waals surface area (Å²) < 4.78 is 0. The van der Waals surface area contributed by atoms with Gasteiger partial charge >= 0.3 is 0 Å². The van der Waals surface area contributed by atoms with Crippen molar-refractivity contribution in [3.8, 4) is 0 Å². The minimum absolute atomic E-state index is 0.0208. The van der Waals surface area contributed by atoms with E-state index < -0.39 is 0 Å². The number of rotatable bonds is 2. The SMILES string of the molecule is CC(=O)c1cc2c(cc1C=O)C(C)(C)C(C)(C)C(C)C2. The standard InChI is InChI=1S/C18H24O2/c1-11-7-13-8-15(12(2)20)14(10-19)9-16(13)18(5,6)17(11,3)4/h8-11H,7H2,1-6H3. The molecular formula is C18H24O2. The maximum absolute atomic E-state index is 11.7. The number of benzene rings is 1. The summed E-state index contributed by atoms with van der Waals surface area (Å²) in [6.07, 6.45) is 1.77. The summed E-state index contributed by atoms with van der Waals surface area (Å²) in [4.78, 5) is 23.0. The highest BCUT2D eigenvalue weighted by Crippen LogP contribution is 2.52. The van der Waals surface area contributed by atoms with Crippen LogP contribution in [0.2, 0.25) is 0 Å². The lowest BCUT2D eigenvalue weighted by atomic mass is 9.53. The van der Waals surface area contributed by atoms with Gasteiger partial charge in [0.2, 0.25) is 0 Å². The second-order valence-corrected chi connectivity index (χ2v) is 7.22. The van der Waals surface area contributed by atoms with E-state index in [1.54, 1.807) is 0 Å². The van der Waals surface area contributed by atoms with Gasteiger partial charge in [0, 0.05) is 11.1 Å². The molecule has 1 aromatic rings. The largest absolute Gasteiger partial charge is 0.298 e. The molecule has 2 nitrogen and oxygen atoms in total. The Kier molecular flexibility index (Phi) is 3.40. The van der Waals surface area contributed by atoms with E-state index in [4.69, 9.17) is 0 Å². The topological polar surface area (TPSA) is 34.1 Å². The van der Waals surface area contributed by atoms with Crippen LogP contribution in [0, 0.1) is 11.3 Å². The van der Waals surface area contributed by atoms with Gasteiger partial charge in [0.25, 0.3) is 0 Å². The van der Waals surface area contributed by atoms with Crippen molar-refractivity contribution in [3.05, 3.63) is 34.4 Å². The zero-order valence-corrected chi connectivity index (χ0v) is 13.3. The molecule has 0 radical (unpaired) electrons. The molecule has 1 aliphatic carbocycles. The van der Waals surface area contributed by atoms with Gasteiger partial charge in [0.05, 0.1) is 0 Å². The number of hydrogen-bond acceptors (Lipinski definition) is 2. The summed E-state index contributed by atoms with van der Waals surface area (Å²) in [5.41, 5.74) is 3.65. The first kappa shape index (κ1) is 15.0. The Balaban J connectivity index is 2.73. The van der Waals surface area contributed by atoms with Gasteiger partial charge < -0.3 is 0 Å². The molecule has 0 heterocycles. The average Bonchev–Trinajstić information content (AvgIpc) is 2.36. The Hall–Kier alpha value is -1.44. The number of carbonyl (C=O) groups is 2. The van der Waals surface area contributed by atoms with E-state index >= 15 is 0 Å². The number of carbonyl (C=O) groups excluding carboxylic acids is 2. The highest BCUT2D eigenvalue weighted by atomic mass is 16.1. The number of fused-ring (bicyclic) bond motifs is 1. The lowest BCUT2D eigenvalue weighted by Gasteiger charge is -2.51. The van der Waals surface area contributed by atoms with Crippen molar-refractivity contribution < 1.29 is 9.59 Å². The van der Waals surface area contributed by atoms with Gasteiger partial charge in [0.15, 0.2) is 12.1 Å². The summed E-state index contributed by atoms with van der Waals surface area (Å²) in [5.74, 6) is 0.497. The lowest BCUT2D eigenvalue weighted by molar-refractivity contribution is 0.0961. The van der Waals surface area contributed by atoms with Crippen molar-refractivity contribution in [2.24, 2.45) is 11.3 Å². The van der Waals surface area contributed by atoms with Crippen LogP contribution in [0.1, 0.15) is 73.4 Å². The quantitative estimate of drug-likeness (QED) is 0.597. The molecule has 0 spiro atoms. The van der Waals surface area contributed by atoms with E-state index in [1.165, 1.54) is 18.1 Å². The van der Waals surface area contributed by atoms with Gasteiger partial charge in [-0.25, -0.2) is 0 Å². The molecule has 0 aromatic heterocycles. The molecule has 1 aliphatic rings. The van der Waals surface area contributed by atoms with E-state index in [1.807, 2.05) is 12.1 Å². The fourth-order valence-corrected chi connectivity index (χ4v) is 3.36. The molecule has 0 N–H and O–H groups in total. The van der Waals surface area contributed by atoms with Crippen molar-refractivity contribution in [2.45, 2.75) is 53.4 Å². The fourth-order valence-electron chi connectivity index (χ4n) is 3.36. The highest BCUT2D eigenvalue weighted by molar-refractivity contribution is 6.01. The van der Waals surface area contributed by atoms with Crippen molar-refractivity contribution in [1.29, 1.82) is 0 Å². The molecule has 1 aromatic carbocycles. The minimum atomic E-state index is -0.0369. The first-order valence-corrected chi connectivity index (χ1v) is 7.26. The lowest BCUT2D eigenvalue weighted by Crippen LogP contribution is -2.46. The van der Waals surface area contributed by atoms with Crippen molar-refractivity contribution in [2.75, 3.05) is 0 Å². The summed E-state index contributed by atoms with van der Waals surface area (Å²) in [5, 5.41) is 0. The number of Topliss-reactive ketones (excluding diaryl/α,β-unsaturated/α-hetero) is 1. The second kappa shape index (κ2) is 4.54. The predicted octanol–water partition coefficient (Wildman–Crippen LogP) is 4.20. The zero-order chi connectivity index (χ0) is 15.3. The maximum Gasteiger partial charge on any atom is 0.160 e. The Labute approximate surface area is 121 Å². The van der Waals surface area contributed by atoms with Crippen LogP contribution in [0.25, 0.3) is 0 Å². The van der Waals surface area contributed by atoms with Crippen molar-refractivity contribution in [3.63, 3.8) is 0 Å². The Morgan fingerprint density at radius 3 is 2.35 bits per heavy atom. The predicted molar refractivity (Wildman–Crippen MR) is 81.5 cm³/mol. The van der Waals surface area contributed by atoms with Crippen LogP contribution >= 0.6 is 0 Å². The van der Waals surface area contributed by atoms with Crippen LogP contribution in [0.15, 0.2) is 12.1 Å². The fraction of sp³-hybridized carbons (Fsp3) is 0.556. The second-order valence-electron chi connectivity index (χ2n) is 7.22. The molecule has 20 heavy (non-hydrogen) atoms. The smallest absolute Gasteiger partial charge is 0.160 e. The Morgan fingerprint density at radius 2 is 1.85 bits per heavy atom. The van der Waals surface area contributed by atoms with Gasteiger partial charge in [-0.05, 0) is 53.4 Å². The average molecular weight is 272 g/mol.